The fourth-order valence-corrected chi connectivity index (χ4v) is 2.40. The van der Waals surface area contributed by atoms with Crippen LogP contribution >= 0.6 is 0 Å². The summed E-state index contributed by atoms with van der Waals surface area (Å²) in [5.41, 5.74) is 5.98. The van der Waals surface area contributed by atoms with Crippen molar-refractivity contribution in [1.29, 1.82) is 0 Å². The lowest BCUT2D eigenvalue weighted by Gasteiger charge is -2.29. The van der Waals surface area contributed by atoms with E-state index in [9.17, 15) is 0 Å². The molecule has 1 heterocycles. The number of fused-ring (bicyclic) bond motifs is 1. The summed E-state index contributed by atoms with van der Waals surface area (Å²) in [6.45, 7) is 2.39. The molecule has 2 fully saturated rings. The molecule has 2 aliphatic rings. The first kappa shape index (κ1) is 6.62. The van der Waals surface area contributed by atoms with Gasteiger partial charge in [0.25, 0.3) is 0 Å². The second-order valence-corrected chi connectivity index (χ2v) is 3.68. The summed E-state index contributed by atoms with van der Waals surface area (Å²) in [7, 11) is 0. The zero-order valence-corrected chi connectivity index (χ0v) is 6.34. The zero-order chi connectivity index (χ0) is 6.97. The van der Waals surface area contributed by atoms with Gasteiger partial charge in [-0.2, -0.15) is 0 Å². The van der Waals surface area contributed by atoms with Crippen molar-refractivity contribution in [2.24, 2.45) is 17.6 Å². The monoisotopic (exact) mass is 140 g/mol. The topological polar surface area (TPSA) is 38.0 Å². The second-order valence-electron chi connectivity index (χ2n) is 3.68. The Morgan fingerprint density at radius 2 is 2.10 bits per heavy atom. The van der Waals surface area contributed by atoms with Gasteiger partial charge in [0.15, 0.2) is 0 Å². The van der Waals surface area contributed by atoms with Gasteiger partial charge in [-0.25, -0.2) is 0 Å². The molecule has 1 aliphatic heterocycles. The minimum absolute atomic E-state index is 0.494. The Hall–Kier alpha value is -0.0800. The normalized spacial score (nSPS) is 47.1. The van der Waals surface area contributed by atoms with Gasteiger partial charge < -0.3 is 11.1 Å². The molecule has 1 saturated heterocycles. The molecule has 0 aromatic carbocycles. The lowest BCUT2D eigenvalue weighted by molar-refractivity contribution is 0.260. The molecule has 3 N–H and O–H groups in total. The Balaban J connectivity index is 2.03. The second kappa shape index (κ2) is 2.51. The molecule has 0 spiro atoms. The van der Waals surface area contributed by atoms with Crippen LogP contribution in [0, 0.1) is 11.8 Å². The Kier molecular flexibility index (Phi) is 1.66. The first-order valence-corrected chi connectivity index (χ1v) is 4.34. The van der Waals surface area contributed by atoms with Gasteiger partial charge in [0, 0.05) is 6.04 Å². The van der Waals surface area contributed by atoms with Crippen LogP contribution < -0.4 is 11.1 Å². The molecule has 0 radical (unpaired) electrons. The SMILES string of the molecule is N[C@@H]1CCC[C@@H]2CNC[C@@H]21. The molecule has 1 saturated carbocycles. The highest BCUT2D eigenvalue weighted by molar-refractivity contribution is 4.91. The fourth-order valence-electron chi connectivity index (χ4n) is 2.40. The summed E-state index contributed by atoms with van der Waals surface area (Å²) in [4.78, 5) is 0. The van der Waals surface area contributed by atoms with E-state index in [1.165, 1.54) is 32.4 Å². The van der Waals surface area contributed by atoms with Crippen LogP contribution in [0.5, 0.6) is 0 Å². The van der Waals surface area contributed by atoms with E-state index in [4.69, 9.17) is 5.73 Å². The summed E-state index contributed by atoms with van der Waals surface area (Å²) in [5, 5.41) is 3.41. The Morgan fingerprint density at radius 1 is 1.20 bits per heavy atom. The quantitative estimate of drug-likeness (QED) is 0.509. The van der Waals surface area contributed by atoms with Crippen LogP contribution in [0.3, 0.4) is 0 Å². The van der Waals surface area contributed by atoms with E-state index < -0.39 is 0 Å². The summed E-state index contributed by atoms with van der Waals surface area (Å²) in [6.07, 6.45) is 4.01. The summed E-state index contributed by atoms with van der Waals surface area (Å²) in [5.74, 6) is 1.71. The van der Waals surface area contributed by atoms with E-state index in [1.54, 1.807) is 0 Å². The van der Waals surface area contributed by atoms with E-state index in [-0.39, 0.29) is 0 Å². The highest BCUT2D eigenvalue weighted by Gasteiger charge is 2.34. The summed E-state index contributed by atoms with van der Waals surface area (Å²) < 4.78 is 0. The minimum atomic E-state index is 0.494. The molecule has 0 aromatic heterocycles. The highest BCUT2D eigenvalue weighted by Crippen LogP contribution is 2.31. The molecule has 0 amide bonds. The number of nitrogens with one attached hydrogen (secondary N) is 1. The lowest BCUT2D eigenvalue weighted by Crippen LogP contribution is -2.38. The lowest BCUT2D eigenvalue weighted by atomic mass is 9.78. The summed E-state index contributed by atoms with van der Waals surface area (Å²) in [6, 6.07) is 0.494. The number of nitrogens with two attached hydrogens (primary N) is 1. The first-order chi connectivity index (χ1) is 4.88. The van der Waals surface area contributed by atoms with Gasteiger partial charge in [0.1, 0.15) is 0 Å². The van der Waals surface area contributed by atoms with Gasteiger partial charge in [-0.1, -0.05) is 6.42 Å². The third-order valence-corrected chi connectivity index (χ3v) is 3.05. The van der Waals surface area contributed by atoms with Crippen LogP contribution in [0.25, 0.3) is 0 Å². The van der Waals surface area contributed by atoms with Crippen LogP contribution in [0.15, 0.2) is 0 Å². The van der Waals surface area contributed by atoms with Crippen molar-refractivity contribution < 1.29 is 0 Å². The highest BCUT2D eigenvalue weighted by atomic mass is 14.9. The van der Waals surface area contributed by atoms with Crippen molar-refractivity contribution in [2.75, 3.05) is 13.1 Å². The first-order valence-electron chi connectivity index (χ1n) is 4.34. The molecule has 58 valence electrons. The molecule has 0 aromatic rings. The molecular formula is C8H16N2. The van der Waals surface area contributed by atoms with Crippen LogP contribution in [-0.4, -0.2) is 19.1 Å². The van der Waals surface area contributed by atoms with Crippen molar-refractivity contribution in [3.05, 3.63) is 0 Å². The predicted octanol–water partition coefficient (Wildman–Crippen LogP) is 0.333. The molecule has 0 bridgehead atoms. The third-order valence-electron chi connectivity index (χ3n) is 3.05. The molecule has 2 nitrogen and oxygen atoms in total. The Morgan fingerprint density at radius 3 is 2.90 bits per heavy atom. The van der Waals surface area contributed by atoms with Crippen molar-refractivity contribution in [1.82, 2.24) is 5.32 Å². The van der Waals surface area contributed by atoms with Crippen LogP contribution in [0.1, 0.15) is 19.3 Å². The van der Waals surface area contributed by atoms with E-state index >= 15 is 0 Å². The van der Waals surface area contributed by atoms with E-state index in [0.29, 0.717) is 6.04 Å². The Labute approximate surface area is 62.2 Å². The van der Waals surface area contributed by atoms with Gasteiger partial charge in [-0.05, 0) is 37.8 Å². The minimum Gasteiger partial charge on any atom is -0.327 e. The third kappa shape index (κ3) is 0.956. The number of hydrogen-bond donors (Lipinski definition) is 2. The average molecular weight is 140 g/mol. The van der Waals surface area contributed by atoms with E-state index in [0.717, 1.165) is 11.8 Å². The van der Waals surface area contributed by atoms with Crippen LogP contribution in [0.2, 0.25) is 0 Å². The maximum absolute atomic E-state index is 5.98. The van der Waals surface area contributed by atoms with Gasteiger partial charge in [-0.15, -0.1) is 0 Å². The largest absolute Gasteiger partial charge is 0.327 e. The van der Waals surface area contributed by atoms with Crippen molar-refractivity contribution >= 4 is 0 Å². The van der Waals surface area contributed by atoms with Gasteiger partial charge in [0.05, 0.1) is 0 Å². The van der Waals surface area contributed by atoms with Crippen molar-refractivity contribution in [3.63, 3.8) is 0 Å². The molecule has 1 aliphatic carbocycles. The molecule has 2 heteroatoms. The standard InChI is InChI=1S/C8H16N2/c9-8-3-1-2-6-4-10-5-7(6)8/h6-8,10H,1-5,9H2/t6-,7+,8-/m1/s1. The van der Waals surface area contributed by atoms with Gasteiger partial charge in [-0.3, -0.25) is 0 Å². The van der Waals surface area contributed by atoms with Crippen LogP contribution in [-0.2, 0) is 0 Å². The number of hydrogen-bond acceptors (Lipinski definition) is 2. The zero-order valence-electron chi connectivity index (χ0n) is 6.34. The van der Waals surface area contributed by atoms with E-state index in [2.05, 4.69) is 5.32 Å². The predicted molar refractivity (Wildman–Crippen MR) is 41.7 cm³/mol. The van der Waals surface area contributed by atoms with Crippen LogP contribution in [0.4, 0.5) is 0 Å². The summed E-state index contributed by atoms with van der Waals surface area (Å²) >= 11 is 0. The molecular weight excluding hydrogens is 124 g/mol. The smallest absolute Gasteiger partial charge is 0.00824 e. The maximum Gasteiger partial charge on any atom is 0.00824 e. The maximum atomic E-state index is 5.98. The molecule has 0 unspecified atom stereocenters. The van der Waals surface area contributed by atoms with E-state index in [1.807, 2.05) is 0 Å². The van der Waals surface area contributed by atoms with Gasteiger partial charge in [0.2, 0.25) is 0 Å². The molecule has 10 heavy (non-hydrogen) atoms. The molecule has 3 atom stereocenters. The molecule has 2 rings (SSSR count). The van der Waals surface area contributed by atoms with Gasteiger partial charge >= 0.3 is 0 Å². The Bertz CT molecular complexity index is 124. The fraction of sp³-hybridized carbons (Fsp3) is 1.00. The average Bonchev–Trinajstić information content (AvgIpc) is 2.36. The number of rotatable bonds is 0. The van der Waals surface area contributed by atoms with Crippen molar-refractivity contribution in [2.45, 2.75) is 25.3 Å². The van der Waals surface area contributed by atoms with Crippen molar-refractivity contribution in [3.8, 4) is 0 Å².